The lowest BCUT2D eigenvalue weighted by Crippen LogP contribution is -2.28. The zero-order valence-electron chi connectivity index (χ0n) is 14.1. The molecule has 0 fully saturated rings. The molecule has 0 aliphatic heterocycles. The maximum Gasteiger partial charge on any atom is 0.269 e. The molecule has 0 amide bonds. The van der Waals surface area contributed by atoms with E-state index in [1.165, 1.54) is 31.9 Å². The van der Waals surface area contributed by atoms with Crippen LogP contribution in [0.4, 0.5) is 0 Å². The molecule has 3 aromatic rings. The van der Waals surface area contributed by atoms with Crippen LogP contribution in [0.5, 0.6) is 0 Å². The van der Waals surface area contributed by atoms with Crippen molar-refractivity contribution in [1.82, 2.24) is 0 Å². The lowest BCUT2D eigenvalue weighted by Gasteiger charge is -2.15. The molecule has 0 aliphatic rings. The monoisotopic (exact) mass is 310 g/mol. The quantitative estimate of drug-likeness (QED) is 0.565. The maximum absolute atomic E-state index is 2.31. The number of aromatic nitrogens is 1. The molecule has 0 bridgehead atoms. The third-order valence-corrected chi connectivity index (χ3v) is 5.92. The fraction of sp³-hybridized carbons (Fsp3) is 0.350. The molecule has 0 N–H and O–H groups in total. The average Bonchev–Trinajstić information content (AvgIpc) is 2.83. The standard InChI is InChI=1S/C20H24NS/c1-13(2)15(4)16-7-9-17(10-8-16)20-21(5)18-11-6-14(3)12-19(18)22-20/h6-13,15H,1-5H3/q+1. The molecule has 0 radical (unpaired) electrons. The summed E-state index contributed by atoms with van der Waals surface area (Å²) < 4.78 is 3.66. The number of thiazole rings is 1. The average molecular weight is 310 g/mol. The van der Waals surface area contributed by atoms with Crippen molar-refractivity contribution < 1.29 is 4.57 Å². The first-order valence-corrected chi connectivity index (χ1v) is 8.78. The molecule has 2 aromatic carbocycles. The zero-order valence-corrected chi connectivity index (χ0v) is 14.9. The van der Waals surface area contributed by atoms with Crippen LogP contribution >= 0.6 is 11.3 Å². The number of hydrogen-bond acceptors (Lipinski definition) is 1. The van der Waals surface area contributed by atoms with E-state index in [9.17, 15) is 0 Å². The summed E-state index contributed by atoms with van der Waals surface area (Å²) in [4.78, 5) is 0. The van der Waals surface area contributed by atoms with E-state index in [-0.39, 0.29) is 0 Å². The Morgan fingerprint density at radius 3 is 2.27 bits per heavy atom. The van der Waals surface area contributed by atoms with Gasteiger partial charge >= 0.3 is 0 Å². The van der Waals surface area contributed by atoms with Crippen LogP contribution in [-0.2, 0) is 7.05 Å². The van der Waals surface area contributed by atoms with Gasteiger partial charge in [0.25, 0.3) is 5.01 Å². The van der Waals surface area contributed by atoms with Crippen LogP contribution in [0.25, 0.3) is 20.8 Å². The van der Waals surface area contributed by atoms with Crippen LogP contribution in [0.3, 0.4) is 0 Å². The first kappa shape index (κ1) is 15.2. The van der Waals surface area contributed by atoms with E-state index in [0.717, 1.165) is 0 Å². The summed E-state index contributed by atoms with van der Waals surface area (Å²) in [6, 6.07) is 15.8. The van der Waals surface area contributed by atoms with Gasteiger partial charge in [0.1, 0.15) is 11.7 Å². The second-order valence-electron chi connectivity index (χ2n) is 6.59. The Kier molecular flexibility index (Phi) is 4.05. The normalized spacial score (nSPS) is 13.0. The van der Waals surface area contributed by atoms with Gasteiger partial charge in [0.05, 0.1) is 5.56 Å². The van der Waals surface area contributed by atoms with Gasteiger partial charge in [0.2, 0.25) is 5.52 Å². The summed E-state index contributed by atoms with van der Waals surface area (Å²) in [6.45, 7) is 9.03. The van der Waals surface area contributed by atoms with Gasteiger partial charge in [-0.3, -0.25) is 0 Å². The maximum atomic E-state index is 2.31. The van der Waals surface area contributed by atoms with Crippen molar-refractivity contribution in [3.05, 3.63) is 53.6 Å². The van der Waals surface area contributed by atoms with E-state index in [2.05, 4.69) is 81.8 Å². The minimum atomic E-state index is 0.604. The van der Waals surface area contributed by atoms with Crippen LogP contribution in [0.2, 0.25) is 0 Å². The molecule has 114 valence electrons. The van der Waals surface area contributed by atoms with Gasteiger partial charge in [-0.25, -0.2) is 0 Å². The highest BCUT2D eigenvalue weighted by atomic mass is 32.1. The van der Waals surface area contributed by atoms with Crippen molar-refractivity contribution >= 4 is 21.6 Å². The van der Waals surface area contributed by atoms with E-state index >= 15 is 0 Å². The SMILES string of the molecule is Cc1ccc2c(c1)sc(-c1ccc(C(C)C(C)C)cc1)[n+]2C. The summed E-state index contributed by atoms with van der Waals surface area (Å²) in [5.74, 6) is 1.28. The number of fused-ring (bicyclic) bond motifs is 1. The molecular formula is C20H24NS+. The van der Waals surface area contributed by atoms with Crippen LogP contribution < -0.4 is 4.57 Å². The van der Waals surface area contributed by atoms with Crippen molar-refractivity contribution in [2.45, 2.75) is 33.6 Å². The Bertz CT molecular complexity index is 796. The third kappa shape index (κ3) is 2.68. The van der Waals surface area contributed by atoms with Gasteiger partial charge in [-0.1, -0.05) is 50.3 Å². The summed E-state index contributed by atoms with van der Waals surface area (Å²) >= 11 is 1.87. The summed E-state index contributed by atoms with van der Waals surface area (Å²) in [7, 11) is 2.16. The molecule has 1 unspecified atom stereocenters. The number of rotatable bonds is 3. The van der Waals surface area contributed by atoms with Gasteiger partial charge in [-0.2, -0.15) is 4.57 Å². The first-order chi connectivity index (χ1) is 10.5. The van der Waals surface area contributed by atoms with Crippen molar-refractivity contribution in [2.24, 2.45) is 13.0 Å². The summed E-state index contributed by atoms with van der Waals surface area (Å²) in [5.41, 5.74) is 5.37. The number of nitrogens with zero attached hydrogens (tertiary/aromatic N) is 1. The van der Waals surface area contributed by atoms with Crippen LogP contribution in [-0.4, -0.2) is 0 Å². The molecule has 0 saturated heterocycles. The molecule has 22 heavy (non-hydrogen) atoms. The van der Waals surface area contributed by atoms with E-state index in [4.69, 9.17) is 0 Å². The first-order valence-electron chi connectivity index (χ1n) is 7.97. The molecule has 1 heterocycles. The molecule has 1 nitrogen and oxygen atoms in total. The predicted octanol–water partition coefficient (Wildman–Crippen LogP) is 5.46. The van der Waals surface area contributed by atoms with Gasteiger partial charge in [-0.15, -0.1) is 0 Å². The largest absolute Gasteiger partial charge is 0.269 e. The van der Waals surface area contributed by atoms with Crippen LogP contribution in [0, 0.1) is 12.8 Å². The zero-order chi connectivity index (χ0) is 15.9. The van der Waals surface area contributed by atoms with Crippen LogP contribution in [0.15, 0.2) is 42.5 Å². The smallest absolute Gasteiger partial charge is 0.184 e. The third-order valence-electron chi connectivity index (χ3n) is 4.67. The number of aryl methyl sites for hydroxylation is 2. The van der Waals surface area contributed by atoms with Gasteiger partial charge < -0.3 is 0 Å². The Hall–Kier alpha value is -1.67. The van der Waals surface area contributed by atoms with Crippen LogP contribution in [0.1, 0.15) is 37.8 Å². The Morgan fingerprint density at radius 2 is 1.64 bits per heavy atom. The van der Waals surface area contributed by atoms with E-state index in [1.807, 2.05) is 11.3 Å². The number of hydrogen-bond donors (Lipinski definition) is 0. The highest BCUT2D eigenvalue weighted by Crippen LogP contribution is 2.31. The van der Waals surface area contributed by atoms with Crippen molar-refractivity contribution in [3.8, 4) is 10.6 Å². The lowest BCUT2D eigenvalue weighted by atomic mass is 9.90. The predicted molar refractivity (Wildman–Crippen MR) is 96.4 cm³/mol. The highest BCUT2D eigenvalue weighted by Gasteiger charge is 2.19. The highest BCUT2D eigenvalue weighted by molar-refractivity contribution is 7.21. The summed E-state index contributed by atoms with van der Waals surface area (Å²) in [5, 5.41) is 1.32. The molecule has 2 heteroatoms. The second-order valence-corrected chi connectivity index (χ2v) is 7.62. The minimum absolute atomic E-state index is 0.604. The molecule has 1 aromatic heterocycles. The Labute approximate surface area is 137 Å². The topological polar surface area (TPSA) is 3.88 Å². The van der Waals surface area contributed by atoms with E-state index in [0.29, 0.717) is 11.8 Å². The molecular weight excluding hydrogens is 286 g/mol. The van der Waals surface area contributed by atoms with Crippen molar-refractivity contribution in [3.63, 3.8) is 0 Å². The van der Waals surface area contributed by atoms with Crippen molar-refractivity contribution in [1.29, 1.82) is 0 Å². The number of benzene rings is 2. The van der Waals surface area contributed by atoms with Gasteiger partial charge in [-0.05, 0) is 48.1 Å². The van der Waals surface area contributed by atoms with E-state index < -0.39 is 0 Å². The fourth-order valence-electron chi connectivity index (χ4n) is 2.83. The molecule has 3 rings (SSSR count). The molecule has 0 aliphatic carbocycles. The van der Waals surface area contributed by atoms with Gasteiger partial charge in [0.15, 0.2) is 0 Å². The Balaban J connectivity index is 2.02. The lowest BCUT2D eigenvalue weighted by molar-refractivity contribution is -0.629. The molecule has 1 atom stereocenters. The summed E-state index contributed by atoms with van der Waals surface area (Å²) in [6.07, 6.45) is 0. The fourth-order valence-corrected chi connectivity index (χ4v) is 4.08. The Morgan fingerprint density at radius 1 is 0.955 bits per heavy atom. The van der Waals surface area contributed by atoms with Gasteiger partial charge in [0, 0.05) is 6.07 Å². The van der Waals surface area contributed by atoms with Crippen molar-refractivity contribution in [2.75, 3.05) is 0 Å². The minimum Gasteiger partial charge on any atom is -0.184 e. The molecule has 0 saturated carbocycles. The van der Waals surface area contributed by atoms with E-state index in [1.54, 1.807) is 0 Å². The molecule has 0 spiro atoms. The second kappa shape index (κ2) is 5.85.